The molecule has 0 bridgehead atoms. The van der Waals surface area contributed by atoms with Gasteiger partial charge in [-0.1, -0.05) is 60.1 Å². The lowest BCUT2D eigenvalue weighted by molar-refractivity contribution is -0.134. The van der Waals surface area contributed by atoms with E-state index in [9.17, 15) is 9.59 Å². The summed E-state index contributed by atoms with van der Waals surface area (Å²) >= 11 is 6.04. The second-order valence-electron chi connectivity index (χ2n) is 8.41. The van der Waals surface area contributed by atoms with Crippen LogP contribution in [0, 0.1) is 0 Å². The Morgan fingerprint density at radius 3 is 2.51 bits per heavy atom. The van der Waals surface area contributed by atoms with Crippen molar-refractivity contribution in [2.75, 3.05) is 14.2 Å². The van der Waals surface area contributed by atoms with Gasteiger partial charge >= 0.3 is 5.97 Å². The standard InChI is InChI=1S/C29H27ClN2O5/c1-19(33)32-28(20-11-13-23(30)14-12-20)16-27(31-32)21-8-6-9-24(15-21)37-17-22-7-4-5-10-25(22)26(18-35-2)29(34)36-3/h4-15,18,28H,16-17H2,1-3H3/b26-18+. The van der Waals surface area contributed by atoms with Crippen LogP contribution in [0.4, 0.5) is 0 Å². The Balaban J connectivity index is 1.54. The van der Waals surface area contributed by atoms with Crippen molar-refractivity contribution in [2.45, 2.75) is 26.0 Å². The Labute approximate surface area is 220 Å². The average Bonchev–Trinajstić information content (AvgIpc) is 3.37. The molecule has 37 heavy (non-hydrogen) atoms. The highest BCUT2D eigenvalue weighted by Gasteiger charge is 2.31. The van der Waals surface area contributed by atoms with Crippen molar-refractivity contribution in [3.63, 3.8) is 0 Å². The molecule has 0 radical (unpaired) electrons. The van der Waals surface area contributed by atoms with Crippen LogP contribution in [0.5, 0.6) is 5.75 Å². The van der Waals surface area contributed by atoms with E-state index in [0.29, 0.717) is 28.3 Å². The molecule has 1 amide bonds. The highest BCUT2D eigenvalue weighted by molar-refractivity contribution is 6.30. The molecule has 1 aliphatic heterocycles. The lowest BCUT2D eigenvalue weighted by atomic mass is 9.98. The van der Waals surface area contributed by atoms with E-state index >= 15 is 0 Å². The van der Waals surface area contributed by atoms with Crippen LogP contribution in [0.3, 0.4) is 0 Å². The summed E-state index contributed by atoms with van der Waals surface area (Å²) in [5.41, 5.74) is 4.38. The van der Waals surface area contributed by atoms with E-state index in [1.54, 1.807) is 0 Å². The largest absolute Gasteiger partial charge is 0.503 e. The third-order valence-electron chi connectivity index (χ3n) is 6.00. The zero-order valence-electron chi connectivity index (χ0n) is 20.8. The number of benzene rings is 3. The topological polar surface area (TPSA) is 77.4 Å². The zero-order valence-corrected chi connectivity index (χ0v) is 21.6. The summed E-state index contributed by atoms with van der Waals surface area (Å²) in [6.07, 6.45) is 1.93. The van der Waals surface area contributed by atoms with Gasteiger partial charge in [0, 0.05) is 23.9 Å². The Kier molecular flexibility index (Phi) is 8.25. The van der Waals surface area contributed by atoms with Crippen molar-refractivity contribution < 1.29 is 23.8 Å². The second kappa shape index (κ2) is 11.8. The highest BCUT2D eigenvalue weighted by Crippen LogP contribution is 2.34. The predicted octanol–water partition coefficient (Wildman–Crippen LogP) is 5.78. The molecule has 8 heteroatoms. The van der Waals surface area contributed by atoms with Crippen molar-refractivity contribution in [1.29, 1.82) is 0 Å². The normalized spacial score (nSPS) is 15.2. The molecule has 190 valence electrons. The molecule has 1 unspecified atom stereocenters. The van der Waals surface area contributed by atoms with Crippen molar-refractivity contribution in [3.05, 3.63) is 106 Å². The molecule has 1 heterocycles. The lowest BCUT2D eigenvalue weighted by Gasteiger charge is -2.20. The number of nitrogens with zero attached hydrogens (tertiary/aromatic N) is 2. The Morgan fingerprint density at radius 1 is 1.05 bits per heavy atom. The first kappa shape index (κ1) is 26.0. The van der Waals surface area contributed by atoms with Crippen LogP contribution < -0.4 is 4.74 Å². The maximum Gasteiger partial charge on any atom is 0.341 e. The minimum Gasteiger partial charge on any atom is -0.503 e. The Hall–Kier alpha value is -4.10. The minimum atomic E-state index is -0.499. The van der Waals surface area contributed by atoms with Gasteiger partial charge in [0.25, 0.3) is 0 Å². The molecule has 0 N–H and O–H groups in total. The number of methoxy groups -OCH3 is 2. The number of esters is 1. The van der Waals surface area contributed by atoms with Gasteiger partial charge in [-0.2, -0.15) is 5.10 Å². The number of amides is 1. The van der Waals surface area contributed by atoms with E-state index < -0.39 is 5.97 Å². The van der Waals surface area contributed by atoms with Gasteiger partial charge in [-0.3, -0.25) is 4.79 Å². The minimum absolute atomic E-state index is 0.135. The van der Waals surface area contributed by atoms with E-state index in [1.165, 1.54) is 32.4 Å². The number of halogens is 1. The number of hydrogen-bond donors (Lipinski definition) is 0. The van der Waals surface area contributed by atoms with Crippen LogP contribution in [-0.2, 0) is 25.7 Å². The summed E-state index contributed by atoms with van der Waals surface area (Å²) in [6.45, 7) is 1.73. The van der Waals surface area contributed by atoms with Gasteiger partial charge in [0.2, 0.25) is 5.91 Å². The SMILES string of the molecule is CO/C=C(/C(=O)OC)c1ccccc1COc1cccc(C2=NN(C(C)=O)C(c3ccc(Cl)cc3)C2)c1. The molecule has 3 aromatic carbocycles. The fourth-order valence-electron chi connectivity index (χ4n) is 4.20. The Bertz CT molecular complexity index is 1350. The third-order valence-corrected chi connectivity index (χ3v) is 6.25. The van der Waals surface area contributed by atoms with Gasteiger partial charge in [0.15, 0.2) is 0 Å². The first-order chi connectivity index (χ1) is 17.9. The molecule has 0 aliphatic carbocycles. The second-order valence-corrected chi connectivity index (χ2v) is 8.85. The molecule has 0 aromatic heterocycles. The van der Waals surface area contributed by atoms with E-state index in [2.05, 4.69) is 5.10 Å². The smallest absolute Gasteiger partial charge is 0.341 e. The number of hydrogen-bond acceptors (Lipinski definition) is 6. The number of rotatable bonds is 8. The van der Waals surface area contributed by atoms with Gasteiger partial charge in [0.1, 0.15) is 17.9 Å². The third kappa shape index (κ3) is 6.01. The molecule has 0 spiro atoms. The van der Waals surface area contributed by atoms with Crippen LogP contribution >= 0.6 is 11.6 Å². The van der Waals surface area contributed by atoms with Gasteiger partial charge in [-0.15, -0.1) is 0 Å². The molecule has 7 nitrogen and oxygen atoms in total. The van der Waals surface area contributed by atoms with Gasteiger partial charge in [-0.05, 0) is 41.0 Å². The number of ether oxygens (including phenoxy) is 3. The van der Waals surface area contributed by atoms with E-state index in [4.69, 9.17) is 25.8 Å². The maximum atomic E-state index is 12.3. The zero-order chi connectivity index (χ0) is 26.4. The van der Waals surface area contributed by atoms with Crippen LogP contribution in [0.15, 0.2) is 84.2 Å². The summed E-state index contributed by atoms with van der Waals surface area (Å²) < 4.78 is 16.1. The fraction of sp³-hybridized carbons (Fsp3) is 0.207. The van der Waals surface area contributed by atoms with Gasteiger partial charge in [-0.25, -0.2) is 9.80 Å². The predicted molar refractivity (Wildman–Crippen MR) is 142 cm³/mol. The van der Waals surface area contributed by atoms with Crippen molar-refractivity contribution in [3.8, 4) is 5.75 Å². The summed E-state index contributed by atoms with van der Waals surface area (Å²) in [6, 6.07) is 22.2. The van der Waals surface area contributed by atoms with Crippen molar-refractivity contribution in [1.82, 2.24) is 5.01 Å². The molecule has 0 saturated carbocycles. The molecule has 0 fully saturated rings. The van der Waals surface area contributed by atoms with Gasteiger partial charge in [0.05, 0.1) is 32.2 Å². The van der Waals surface area contributed by atoms with E-state index in [1.807, 2.05) is 72.8 Å². The Morgan fingerprint density at radius 2 is 1.81 bits per heavy atom. The highest BCUT2D eigenvalue weighted by atomic mass is 35.5. The van der Waals surface area contributed by atoms with Crippen LogP contribution in [0.25, 0.3) is 5.57 Å². The maximum absolute atomic E-state index is 12.3. The molecule has 3 aromatic rings. The van der Waals surface area contributed by atoms with Crippen LogP contribution in [0.2, 0.25) is 5.02 Å². The first-order valence-corrected chi connectivity index (χ1v) is 12.0. The average molecular weight is 519 g/mol. The monoisotopic (exact) mass is 518 g/mol. The number of carbonyl (C=O) groups excluding carboxylic acids is 2. The summed E-state index contributed by atoms with van der Waals surface area (Å²) in [5, 5.41) is 6.77. The van der Waals surface area contributed by atoms with Crippen LogP contribution in [0.1, 0.15) is 41.6 Å². The van der Waals surface area contributed by atoms with E-state index in [0.717, 1.165) is 22.4 Å². The molecular formula is C29H27ClN2O5. The van der Waals surface area contributed by atoms with Crippen molar-refractivity contribution >= 4 is 34.8 Å². The fourth-order valence-corrected chi connectivity index (χ4v) is 4.33. The molecule has 1 aliphatic rings. The summed E-state index contributed by atoms with van der Waals surface area (Å²) in [4.78, 5) is 24.6. The number of carbonyl (C=O) groups is 2. The quantitative estimate of drug-likeness (QED) is 0.215. The summed E-state index contributed by atoms with van der Waals surface area (Å²) in [7, 11) is 2.80. The summed E-state index contributed by atoms with van der Waals surface area (Å²) in [5.74, 6) is -0.0000417. The van der Waals surface area contributed by atoms with Gasteiger partial charge < -0.3 is 14.2 Å². The first-order valence-electron chi connectivity index (χ1n) is 11.7. The lowest BCUT2D eigenvalue weighted by Crippen LogP contribution is -2.24. The van der Waals surface area contributed by atoms with E-state index in [-0.39, 0.29) is 18.6 Å². The van der Waals surface area contributed by atoms with Crippen molar-refractivity contribution in [2.24, 2.45) is 5.10 Å². The molecule has 1 atom stereocenters. The molecule has 4 rings (SSSR count). The van der Waals surface area contributed by atoms with Crippen LogP contribution in [-0.4, -0.2) is 36.8 Å². The molecular weight excluding hydrogens is 492 g/mol. The number of hydrazone groups is 1. The molecule has 0 saturated heterocycles.